The Bertz CT molecular complexity index is 600. The number of nitrogens with zero attached hydrogens (tertiary/aromatic N) is 2. The highest BCUT2D eigenvalue weighted by Gasteiger charge is 2.39. The van der Waals surface area contributed by atoms with Crippen molar-refractivity contribution in [2.45, 2.75) is 51.0 Å². The van der Waals surface area contributed by atoms with Crippen molar-refractivity contribution in [3.05, 3.63) is 35.9 Å². The molecule has 3 saturated heterocycles. The Kier molecular flexibility index (Phi) is 6.46. The van der Waals surface area contributed by atoms with Gasteiger partial charge in [-0.2, -0.15) is 0 Å². The SMILES string of the molecule is O=C(C1CCOCC1)N1CCC[C@@H]2CN(CCCc3ccccc3)CC[C@@H]21. The minimum atomic E-state index is 0.210. The highest BCUT2D eigenvalue weighted by molar-refractivity contribution is 5.79. The predicted octanol–water partition coefficient (Wildman–Crippen LogP) is 3.36. The maximum Gasteiger partial charge on any atom is 0.226 e. The number of fused-ring (bicyclic) bond motifs is 1. The Morgan fingerprint density at radius 2 is 1.85 bits per heavy atom. The van der Waals surface area contributed by atoms with E-state index >= 15 is 0 Å². The summed E-state index contributed by atoms with van der Waals surface area (Å²) in [4.78, 5) is 18.0. The Labute approximate surface area is 163 Å². The first-order valence-electron chi connectivity index (χ1n) is 11.0. The second-order valence-electron chi connectivity index (χ2n) is 8.57. The monoisotopic (exact) mass is 370 g/mol. The largest absolute Gasteiger partial charge is 0.381 e. The zero-order valence-corrected chi connectivity index (χ0v) is 16.5. The smallest absolute Gasteiger partial charge is 0.226 e. The van der Waals surface area contributed by atoms with Gasteiger partial charge in [-0.1, -0.05) is 30.3 Å². The van der Waals surface area contributed by atoms with Crippen molar-refractivity contribution in [1.29, 1.82) is 0 Å². The summed E-state index contributed by atoms with van der Waals surface area (Å²) in [7, 11) is 0. The fraction of sp³-hybridized carbons (Fsp3) is 0.696. The number of rotatable bonds is 5. The van der Waals surface area contributed by atoms with Crippen LogP contribution in [0.4, 0.5) is 0 Å². The van der Waals surface area contributed by atoms with Gasteiger partial charge in [0.05, 0.1) is 0 Å². The molecule has 3 heterocycles. The minimum Gasteiger partial charge on any atom is -0.381 e. The van der Waals surface area contributed by atoms with Crippen molar-refractivity contribution in [3.8, 4) is 0 Å². The molecule has 0 aromatic heterocycles. The van der Waals surface area contributed by atoms with E-state index in [1.165, 1.54) is 44.3 Å². The molecule has 148 valence electrons. The molecule has 0 N–H and O–H groups in total. The highest BCUT2D eigenvalue weighted by Crippen LogP contribution is 2.33. The number of aryl methyl sites for hydroxylation is 1. The summed E-state index contributed by atoms with van der Waals surface area (Å²) in [6, 6.07) is 11.3. The average Bonchev–Trinajstić information content (AvgIpc) is 2.74. The van der Waals surface area contributed by atoms with Gasteiger partial charge in [0.25, 0.3) is 0 Å². The lowest BCUT2D eigenvalue weighted by molar-refractivity contribution is -0.145. The molecule has 0 aliphatic carbocycles. The molecule has 3 aliphatic heterocycles. The van der Waals surface area contributed by atoms with Crippen LogP contribution in [-0.2, 0) is 16.0 Å². The summed E-state index contributed by atoms with van der Waals surface area (Å²) >= 11 is 0. The Morgan fingerprint density at radius 3 is 2.67 bits per heavy atom. The second kappa shape index (κ2) is 9.20. The Hall–Kier alpha value is -1.39. The predicted molar refractivity (Wildman–Crippen MR) is 108 cm³/mol. The van der Waals surface area contributed by atoms with E-state index in [1.54, 1.807) is 0 Å². The van der Waals surface area contributed by atoms with Crippen molar-refractivity contribution in [2.24, 2.45) is 11.8 Å². The molecule has 2 atom stereocenters. The molecule has 3 fully saturated rings. The number of likely N-dealkylation sites (tertiary alicyclic amines) is 2. The number of hydrogen-bond acceptors (Lipinski definition) is 3. The van der Waals surface area contributed by atoms with E-state index in [0.717, 1.165) is 45.6 Å². The van der Waals surface area contributed by atoms with Crippen LogP contribution in [0, 0.1) is 11.8 Å². The third-order valence-electron chi connectivity index (χ3n) is 6.79. The zero-order valence-electron chi connectivity index (χ0n) is 16.5. The summed E-state index contributed by atoms with van der Waals surface area (Å²) in [6.45, 7) is 6.00. The third-order valence-corrected chi connectivity index (χ3v) is 6.79. The van der Waals surface area contributed by atoms with Crippen molar-refractivity contribution >= 4 is 5.91 Å². The molecular weight excluding hydrogens is 336 g/mol. The van der Waals surface area contributed by atoms with Gasteiger partial charge in [0.1, 0.15) is 0 Å². The van der Waals surface area contributed by atoms with Gasteiger partial charge in [0.15, 0.2) is 0 Å². The number of piperidine rings is 2. The molecule has 4 heteroatoms. The van der Waals surface area contributed by atoms with E-state index in [9.17, 15) is 4.79 Å². The third kappa shape index (κ3) is 4.72. The number of ether oxygens (including phenoxy) is 1. The van der Waals surface area contributed by atoms with Crippen LogP contribution in [0.1, 0.15) is 44.1 Å². The van der Waals surface area contributed by atoms with Crippen LogP contribution in [0.2, 0.25) is 0 Å². The van der Waals surface area contributed by atoms with Gasteiger partial charge in [-0.25, -0.2) is 0 Å². The van der Waals surface area contributed by atoms with Crippen molar-refractivity contribution in [1.82, 2.24) is 9.80 Å². The first kappa shape index (κ1) is 18.9. The van der Waals surface area contributed by atoms with Gasteiger partial charge in [-0.3, -0.25) is 4.79 Å². The molecule has 0 unspecified atom stereocenters. The maximum atomic E-state index is 13.1. The van der Waals surface area contributed by atoms with Crippen LogP contribution in [0.25, 0.3) is 0 Å². The number of amides is 1. The average molecular weight is 371 g/mol. The summed E-state index contributed by atoms with van der Waals surface area (Å²) in [5, 5.41) is 0. The lowest BCUT2D eigenvalue weighted by Gasteiger charge is -2.48. The molecule has 4 rings (SSSR count). The van der Waals surface area contributed by atoms with Gasteiger partial charge >= 0.3 is 0 Å². The van der Waals surface area contributed by atoms with E-state index in [4.69, 9.17) is 4.74 Å². The van der Waals surface area contributed by atoms with E-state index in [2.05, 4.69) is 40.1 Å². The normalized spacial score (nSPS) is 27.3. The lowest BCUT2D eigenvalue weighted by Crippen LogP contribution is -2.57. The van der Waals surface area contributed by atoms with Crippen LogP contribution in [-0.4, -0.2) is 61.1 Å². The molecule has 0 spiro atoms. The lowest BCUT2D eigenvalue weighted by atomic mass is 9.82. The molecule has 1 amide bonds. The van der Waals surface area contributed by atoms with Gasteiger partial charge in [0.2, 0.25) is 5.91 Å². The molecule has 3 aliphatic rings. The number of carbonyl (C=O) groups excluding carboxylic acids is 1. The topological polar surface area (TPSA) is 32.8 Å². The van der Waals surface area contributed by atoms with Crippen LogP contribution in [0.5, 0.6) is 0 Å². The van der Waals surface area contributed by atoms with Crippen LogP contribution in [0.15, 0.2) is 30.3 Å². The summed E-state index contributed by atoms with van der Waals surface area (Å²) in [6.07, 6.45) is 7.85. The van der Waals surface area contributed by atoms with Gasteiger partial charge in [-0.15, -0.1) is 0 Å². The highest BCUT2D eigenvalue weighted by atomic mass is 16.5. The quantitative estimate of drug-likeness (QED) is 0.797. The van der Waals surface area contributed by atoms with E-state index in [0.29, 0.717) is 17.9 Å². The van der Waals surface area contributed by atoms with Crippen LogP contribution >= 0.6 is 0 Å². The first-order chi connectivity index (χ1) is 13.3. The Balaban J connectivity index is 1.27. The summed E-state index contributed by atoms with van der Waals surface area (Å²) < 4.78 is 5.45. The molecule has 27 heavy (non-hydrogen) atoms. The summed E-state index contributed by atoms with van der Waals surface area (Å²) in [5.41, 5.74) is 1.44. The minimum absolute atomic E-state index is 0.210. The van der Waals surface area contributed by atoms with Crippen LogP contribution < -0.4 is 0 Å². The molecule has 1 aromatic rings. The second-order valence-corrected chi connectivity index (χ2v) is 8.57. The van der Waals surface area contributed by atoms with E-state index in [-0.39, 0.29) is 5.92 Å². The number of hydrogen-bond donors (Lipinski definition) is 0. The molecule has 0 radical (unpaired) electrons. The number of carbonyl (C=O) groups is 1. The molecule has 0 bridgehead atoms. The fourth-order valence-electron chi connectivity index (χ4n) is 5.29. The van der Waals surface area contributed by atoms with Gasteiger partial charge in [-0.05, 0) is 63.0 Å². The van der Waals surface area contributed by atoms with Crippen molar-refractivity contribution in [2.75, 3.05) is 39.4 Å². The maximum absolute atomic E-state index is 13.1. The van der Waals surface area contributed by atoms with E-state index < -0.39 is 0 Å². The Morgan fingerprint density at radius 1 is 1.04 bits per heavy atom. The van der Waals surface area contributed by atoms with Crippen molar-refractivity contribution < 1.29 is 9.53 Å². The molecule has 4 nitrogen and oxygen atoms in total. The molecular formula is C23H34N2O2. The fourth-order valence-corrected chi connectivity index (χ4v) is 5.29. The molecule has 1 aromatic carbocycles. The van der Waals surface area contributed by atoms with Gasteiger partial charge in [0, 0.05) is 44.8 Å². The number of benzene rings is 1. The molecule has 0 saturated carbocycles. The van der Waals surface area contributed by atoms with Crippen LogP contribution in [0.3, 0.4) is 0 Å². The van der Waals surface area contributed by atoms with E-state index in [1.807, 2.05) is 0 Å². The zero-order chi connectivity index (χ0) is 18.5. The standard InChI is InChI=1S/C23H34N2O2/c26-23(20-11-16-27-17-12-20)25-14-5-9-21-18-24(15-10-22(21)25)13-4-8-19-6-2-1-3-7-19/h1-3,6-7,20-22H,4-5,8-18H2/t21-,22+/m1/s1. The first-order valence-corrected chi connectivity index (χ1v) is 11.0. The summed E-state index contributed by atoms with van der Waals surface area (Å²) in [5.74, 6) is 1.31. The van der Waals surface area contributed by atoms with Crippen molar-refractivity contribution in [3.63, 3.8) is 0 Å². The van der Waals surface area contributed by atoms with Gasteiger partial charge < -0.3 is 14.5 Å².